The first-order chi connectivity index (χ1) is 9.05. The molecular formula is C13H16BrNO3S. The zero-order chi connectivity index (χ0) is 13.9. The van der Waals surface area contributed by atoms with Gasteiger partial charge in [0.1, 0.15) is 0 Å². The Bertz CT molecular complexity index is 583. The van der Waals surface area contributed by atoms with Crippen LogP contribution in [0, 0.1) is 0 Å². The number of nitrogens with zero attached hydrogens (tertiary/aromatic N) is 1. The van der Waals surface area contributed by atoms with E-state index in [9.17, 15) is 8.42 Å². The predicted molar refractivity (Wildman–Crippen MR) is 77.5 cm³/mol. The number of sulfonamides is 1. The van der Waals surface area contributed by atoms with Crippen LogP contribution in [0.3, 0.4) is 0 Å². The van der Waals surface area contributed by atoms with Crippen LogP contribution in [0.5, 0.6) is 0 Å². The lowest BCUT2D eigenvalue weighted by atomic mass is 10.1. The Morgan fingerprint density at radius 2 is 2.11 bits per heavy atom. The average molecular weight is 346 g/mol. The van der Waals surface area contributed by atoms with Crippen LogP contribution in [0.4, 0.5) is 0 Å². The molecule has 1 heterocycles. The average Bonchev–Trinajstić information content (AvgIpc) is 2.40. The summed E-state index contributed by atoms with van der Waals surface area (Å²) in [5.41, 5.74) is 1.15. The quantitative estimate of drug-likeness (QED) is 0.787. The summed E-state index contributed by atoms with van der Waals surface area (Å²) in [6.45, 7) is 1.48. The van der Waals surface area contributed by atoms with Crippen LogP contribution in [-0.2, 0) is 14.8 Å². The Labute approximate surface area is 122 Å². The van der Waals surface area contributed by atoms with E-state index in [1.165, 1.54) is 4.31 Å². The summed E-state index contributed by atoms with van der Waals surface area (Å²) < 4.78 is 32.2. The van der Waals surface area contributed by atoms with Gasteiger partial charge in [-0.05, 0) is 40.1 Å². The summed E-state index contributed by atoms with van der Waals surface area (Å²) in [5, 5.41) is 0. The first-order valence-corrected chi connectivity index (χ1v) is 8.20. The van der Waals surface area contributed by atoms with Gasteiger partial charge in [0, 0.05) is 24.7 Å². The molecule has 6 heteroatoms. The minimum Gasteiger partial charge on any atom is -0.380 e. The number of hydrogen-bond acceptors (Lipinski definition) is 3. The van der Waals surface area contributed by atoms with E-state index in [0.29, 0.717) is 29.1 Å². The molecule has 0 saturated heterocycles. The third-order valence-electron chi connectivity index (χ3n) is 3.05. The fourth-order valence-electron chi connectivity index (χ4n) is 2.02. The van der Waals surface area contributed by atoms with Gasteiger partial charge in [-0.25, -0.2) is 8.42 Å². The second-order valence-corrected chi connectivity index (χ2v) is 7.10. The molecule has 0 bridgehead atoms. The summed E-state index contributed by atoms with van der Waals surface area (Å²) in [4.78, 5) is 0.318. The van der Waals surface area contributed by atoms with Crippen molar-refractivity contribution in [2.24, 2.45) is 0 Å². The second-order valence-electron chi connectivity index (χ2n) is 4.34. The fraction of sp³-hybridized carbons (Fsp3) is 0.385. The van der Waals surface area contributed by atoms with E-state index in [4.69, 9.17) is 4.74 Å². The lowest BCUT2D eigenvalue weighted by Gasteiger charge is -2.26. The van der Waals surface area contributed by atoms with Crippen molar-refractivity contribution in [1.82, 2.24) is 4.31 Å². The maximum absolute atomic E-state index is 12.5. The number of benzene rings is 1. The van der Waals surface area contributed by atoms with E-state index in [1.807, 2.05) is 6.08 Å². The minimum absolute atomic E-state index is 0.318. The normalized spacial score (nSPS) is 17.3. The molecule has 0 amide bonds. The van der Waals surface area contributed by atoms with Crippen molar-refractivity contribution < 1.29 is 13.2 Å². The van der Waals surface area contributed by atoms with Gasteiger partial charge in [0.05, 0.1) is 11.5 Å². The molecule has 0 fully saturated rings. The van der Waals surface area contributed by atoms with E-state index in [2.05, 4.69) is 15.9 Å². The first kappa shape index (κ1) is 14.7. The van der Waals surface area contributed by atoms with Gasteiger partial charge < -0.3 is 4.74 Å². The van der Waals surface area contributed by atoms with Gasteiger partial charge >= 0.3 is 0 Å². The smallest absolute Gasteiger partial charge is 0.244 e. The Morgan fingerprint density at radius 1 is 1.37 bits per heavy atom. The molecule has 0 radical (unpaired) electrons. The number of rotatable bonds is 4. The van der Waals surface area contributed by atoms with Gasteiger partial charge in [-0.2, -0.15) is 4.31 Å². The summed E-state index contributed by atoms with van der Waals surface area (Å²) in [5.74, 6) is 0. The van der Waals surface area contributed by atoms with Crippen LogP contribution in [-0.4, -0.2) is 39.5 Å². The van der Waals surface area contributed by atoms with Crippen LogP contribution in [0.1, 0.15) is 6.42 Å². The SMILES string of the molecule is COCC1=CCN(S(=O)(=O)c2ccccc2Br)CC1. The molecule has 0 spiro atoms. The molecule has 0 saturated carbocycles. The highest BCUT2D eigenvalue weighted by Crippen LogP contribution is 2.26. The van der Waals surface area contributed by atoms with Gasteiger partial charge in [0.2, 0.25) is 10.0 Å². The fourth-order valence-corrected chi connectivity index (χ4v) is 4.36. The standard InChI is InChI=1S/C13H16BrNO3S/c1-18-10-11-6-8-15(9-7-11)19(16,17)13-5-3-2-4-12(13)14/h2-6H,7-10H2,1H3. The number of ether oxygens (including phenoxy) is 1. The molecule has 104 valence electrons. The third-order valence-corrected chi connectivity index (χ3v) is 5.93. The molecule has 0 N–H and O–H groups in total. The van der Waals surface area contributed by atoms with Gasteiger partial charge in [0.15, 0.2) is 0 Å². The Hall–Kier alpha value is -0.690. The highest BCUT2D eigenvalue weighted by Gasteiger charge is 2.27. The van der Waals surface area contributed by atoms with Gasteiger partial charge in [-0.1, -0.05) is 18.2 Å². The maximum Gasteiger partial charge on any atom is 0.244 e. The lowest BCUT2D eigenvalue weighted by Crippen LogP contribution is -2.35. The van der Waals surface area contributed by atoms with Crippen LogP contribution in [0.25, 0.3) is 0 Å². The van der Waals surface area contributed by atoms with Gasteiger partial charge in [-0.3, -0.25) is 0 Å². The molecule has 0 atom stereocenters. The topological polar surface area (TPSA) is 46.6 Å². The molecule has 1 aliphatic heterocycles. The zero-order valence-corrected chi connectivity index (χ0v) is 13.1. The van der Waals surface area contributed by atoms with Crippen molar-refractivity contribution in [3.8, 4) is 0 Å². The van der Waals surface area contributed by atoms with Gasteiger partial charge in [-0.15, -0.1) is 0 Å². The van der Waals surface area contributed by atoms with E-state index in [0.717, 1.165) is 12.0 Å². The summed E-state index contributed by atoms with van der Waals surface area (Å²) in [6.07, 6.45) is 2.65. The van der Waals surface area contributed by atoms with E-state index in [1.54, 1.807) is 31.4 Å². The monoisotopic (exact) mass is 345 g/mol. The largest absolute Gasteiger partial charge is 0.380 e. The lowest BCUT2D eigenvalue weighted by molar-refractivity contribution is 0.219. The predicted octanol–water partition coefficient (Wildman–Crippen LogP) is 2.42. The highest BCUT2D eigenvalue weighted by atomic mass is 79.9. The van der Waals surface area contributed by atoms with Crippen molar-refractivity contribution in [3.63, 3.8) is 0 Å². The molecule has 2 rings (SSSR count). The first-order valence-electron chi connectivity index (χ1n) is 5.97. The van der Waals surface area contributed by atoms with Crippen molar-refractivity contribution in [3.05, 3.63) is 40.4 Å². The van der Waals surface area contributed by atoms with E-state index in [-0.39, 0.29) is 0 Å². The second kappa shape index (κ2) is 6.17. The molecule has 1 aliphatic rings. The van der Waals surface area contributed by atoms with E-state index >= 15 is 0 Å². The summed E-state index contributed by atoms with van der Waals surface area (Å²) in [6, 6.07) is 6.89. The molecule has 19 heavy (non-hydrogen) atoms. The highest BCUT2D eigenvalue weighted by molar-refractivity contribution is 9.10. The molecule has 1 aromatic rings. The van der Waals surface area contributed by atoms with Crippen LogP contribution >= 0.6 is 15.9 Å². The number of hydrogen-bond donors (Lipinski definition) is 0. The van der Waals surface area contributed by atoms with Crippen molar-refractivity contribution >= 4 is 26.0 Å². The Balaban J connectivity index is 2.21. The van der Waals surface area contributed by atoms with E-state index < -0.39 is 10.0 Å². The number of methoxy groups -OCH3 is 1. The zero-order valence-electron chi connectivity index (χ0n) is 10.7. The van der Waals surface area contributed by atoms with Crippen molar-refractivity contribution in [2.75, 3.05) is 26.8 Å². The Kier molecular flexibility index (Phi) is 4.78. The molecule has 0 unspecified atom stereocenters. The third kappa shape index (κ3) is 3.25. The molecular weight excluding hydrogens is 330 g/mol. The Morgan fingerprint density at radius 3 is 2.68 bits per heavy atom. The molecule has 0 aromatic heterocycles. The molecule has 0 aliphatic carbocycles. The number of halogens is 1. The maximum atomic E-state index is 12.5. The summed E-state index contributed by atoms with van der Waals surface area (Å²) >= 11 is 3.29. The van der Waals surface area contributed by atoms with Gasteiger partial charge in [0.25, 0.3) is 0 Å². The van der Waals surface area contributed by atoms with Crippen molar-refractivity contribution in [2.45, 2.75) is 11.3 Å². The van der Waals surface area contributed by atoms with Crippen LogP contribution < -0.4 is 0 Å². The molecule has 4 nitrogen and oxygen atoms in total. The summed E-state index contributed by atoms with van der Waals surface area (Å²) in [7, 11) is -1.79. The van der Waals surface area contributed by atoms with Crippen LogP contribution in [0.2, 0.25) is 0 Å². The minimum atomic E-state index is -3.43. The van der Waals surface area contributed by atoms with Crippen molar-refractivity contribution in [1.29, 1.82) is 0 Å². The van der Waals surface area contributed by atoms with Crippen LogP contribution in [0.15, 0.2) is 45.3 Å². The molecule has 1 aromatic carbocycles.